The fraction of sp³-hybridized carbons (Fsp3) is 0.0909. The third-order valence-electron chi connectivity index (χ3n) is 2.19. The van der Waals surface area contributed by atoms with Crippen molar-refractivity contribution in [3.05, 3.63) is 47.2 Å². The van der Waals surface area contributed by atoms with Gasteiger partial charge in [-0.15, -0.1) is 0 Å². The van der Waals surface area contributed by atoms with Crippen molar-refractivity contribution in [3.8, 4) is 5.75 Å². The first-order valence-electron chi connectivity index (χ1n) is 5.11. The highest BCUT2D eigenvalue weighted by atomic mass is 35.5. The topological polar surface area (TPSA) is 82.2 Å². The Balaban J connectivity index is 2.03. The number of benzene rings is 1. The molecule has 2 aromatic rings. The number of carbonyl (C=O) groups excluding carboxylic acids is 1. The average Bonchev–Trinajstić information content (AvgIpc) is 2.81. The molecule has 0 bridgehead atoms. The Kier molecular flexibility index (Phi) is 3.81. The van der Waals surface area contributed by atoms with Crippen molar-refractivity contribution in [2.45, 2.75) is 6.73 Å². The summed E-state index contributed by atoms with van der Waals surface area (Å²) in [7, 11) is 0. The number of hydrazine groups is 1. The van der Waals surface area contributed by atoms with E-state index in [1.54, 1.807) is 30.5 Å². The number of rotatable bonds is 4. The van der Waals surface area contributed by atoms with E-state index in [0.29, 0.717) is 16.3 Å². The van der Waals surface area contributed by atoms with E-state index >= 15 is 0 Å². The van der Waals surface area contributed by atoms with Gasteiger partial charge in [0.2, 0.25) is 0 Å². The number of amides is 1. The van der Waals surface area contributed by atoms with Crippen LogP contribution in [0, 0.1) is 0 Å². The van der Waals surface area contributed by atoms with Crippen LogP contribution in [0.25, 0.3) is 0 Å². The lowest BCUT2D eigenvalue weighted by atomic mass is 10.2. The minimum atomic E-state index is -0.373. The van der Waals surface area contributed by atoms with Gasteiger partial charge in [-0.1, -0.05) is 17.7 Å². The van der Waals surface area contributed by atoms with Crippen LogP contribution in [0.3, 0.4) is 0 Å². The van der Waals surface area contributed by atoms with Gasteiger partial charge in [-0.2, -0.15) is 5.10 Å². The summed E-state index contributed by atoms with van der Waals surface area (Å²) < 4.78 is 7.00. The molecule has 0 saturated heterocycles. The molecule has 3 N–H and O–H groups in total. The van der Waals surface area contributed by atoms with E-state index in [0.717, 1.165) is 0 Å². The minimum absolute atomic E-state index is 0.209. The van der Waals surface area contributed by atoms with Crippen molar-refractivity contribution in [1.82, 2.24) is 15.2 Å². The molecule has 0 unspecified atom stereocenters. The Morgan fingerprint density at radius 1 is 1.56 bits per heavy atom. The van der Waals surface area contributed by atoms with Crippen LogP contribution in [0.15, 0.2) is 36.7 Å². The molecule has 0 aliphatic heterocycles. The number of nitrogens with two attached hydrogens (primary N) is 1. The number of hydrogen-bond donors (Lipinski definition) is 2. The summed E-state index contributed by atoms with van der Waals surface area (Å²) in [5.74, 6) is 5.22. The summed E-state index contributed by atoms with van der Waals surface area (Å²) in [6.07, 6.45) is 3.15. The molecule has 1 amide bonds. The van der Waals surface area contributed by atoms with Gasteiger partial charge < -0.3 is 4.74 Å². The Morgan fingerprint density at radius 2 is 2.39 bits per heavy atom. The number of ether oxygens (including phenoxy) is 1. The second-order valence-electron chi connectivity index (χ2n) is 3.47. The Bertz CT molecular complexity index is 555. The molecule has 0 aliphatic carbocycles. The summed E-state index contributed by atoms with van der Waals surface area (Å²) in [6.45, 7) is 0.209. The van der Waals surface area contributed by atoms with Crippen LogP contribution in [-0.2, 0) is 6.73 Å². The monoisotopic (exact) mass is 266 g/mol. The number of nitrogen functional groups attached to an aromatic ring is 1. The third kappa shape index (κ3) is 2.99. The van der Waals surface area contributed by atoms with Gasteiger partial charge >= 0.3 is 0 Å². The molecule has 1 aromatic heterocycles. The summed E-state index contributed by atoms with van der Waals surface area (Å²) in [6, 6.07) is 6.67. The van der Waals surface area contributed by atoms with Crippen molar-refractivity contribution in [3.63, 3.8) is 0 Å². The summed E-state index contributed by atoms with van der Waals surface area (Å²) in [5.41, 5.74) is 2.48. The Morgan fingerprint density at radius 3 is 3.06 bits per heavy atom. The zero-order valence-corrected chi connectivity index (χ0v) is 10.1. The first-order chi connectivity index (χ1) is 8.69. The maximum absolute atomic E-state index is 11.3. The molecule has 94 valence electrons. The SMILES string of the molecule is NNC(=O)c1cccc(OCn2cc(Cl)cn2)c1. The normalized spacial score (nSPS) is 10.1. The largest absolute Gasteiger partial charge is 0.471 e. The van der Waals surface area contributed by atoms with E-state index in [1.165, 1.54) is 10.9 Å². The lowest BCUT2D eigenvalue weighted by Crippen LogP contribution is -2.29. The van der Waals surface area contributed by atoms with Crippen molar-refractivity contribution < 1.29 is 9.53 Å². The molecule has 0 saturated carbocycles. The molecule has 2 rings (SSSR count). The predicted octanol–water partition coefficient (Wildman–Crippen LogP) is 1.18. The van der Waals surface area contributed by atoms with Crippen LogP contribution in [-0.4, -0.2) is 15.7 Å². The highest BCUT2D eigenvalue weighted by Gasteiger charge is 2.04. The molecule has 18 heavy (non-hydrogen) atoms. The Hall–Kier alpha value is -2.05. The Labute approximate surface area is 108 Å². The van der Waals surface area contributed by atoms with Crippen molar-refractivity contribution in [2.24, 2.45) is 5.84 Å². The summed E-state index contributed by atoms with van der Waals surface area (Å²) in [4.78, 5) is 11.3. The number of aromatic nitrogens is 2. The van der Waals surface area contributed by atoms with Crippen LogP contribution in [0.4, 0.5) is 0 Å². The van der Waals surface area contributed by atoms with E-state index in [1.807, 2.05) is 0 Å². The van der Waals surface area contributed by atoms with Gasteiger partial charge in [0, 0.05) is 11.8 Å². The molecular weight excluding hydrogens is 256 g/mol. The van der Waals surface area contributed by atoms with Gasteiger partial charge in [-0.3, -0.25) is 10.2 Å². The molecule has 0 aliphatic rings. The standard InChI is InChI=1S/C11H11ClN4O2/c12-9-5-14-16(6-9)7-18-10-3-1-2-8(4-10)11(17)15-13/h1-6H,7,13H2,(H,15,17). The van der Waals surface area contributed by atoms with Crippen molar-refractivity contribution in [1.29, 1.82) is 0 Å². The molecule has 1 heterocycles. The van der Waals surface area contributed by atoms with Crippen molar-refractivity contribution in [2.75, 3.05) is 0 Å². The van der Waals surface area contributed by atoms with Crippen LogP contribution < -0.4 is 16.0 Å². The third-order valence-corrected chi connectivity index (χ3v) is 2.39. The molecule has 0 radical (unpaired) electrons. The minimum Gasteiger partial charge on any atom is -0.471 e. The van der Waals surface area contributed by atoms with Crippen LogP contribution >= 0.6 is 11.6 Å². The van der Waals surface area contributed by atoms with Crippen LogP contribution in [0.5, 0.6) is 5.75 Å². The lowest BCUT2D eigenvalue weighted by molar-refractivity contribution is 0.0953. The van der Waals surface area contributed by atoms with E-state index in [-0.39, 0.29) is 12.6 Å². The highest BCUT2D eigenvalue weighted by Crippen LogP contribution is 2.14. The van der Waals surface area contributed by atoms with Gasteiger partial charge in [0.25, 0.3) is 5.91 Å². The second kappa shape index (κ2) is 5.52. The molecule has 7 heteroatoms. The van der Waals surface area contributed by atoms with Crippen LogP contribution in [0.1, 0.15) is 10.4 Å². The molecule has 0 spiro atoms. The number of hydrogen-bond acceptors (Lipinski definition) is 4. The quantitative estimate of drug-likeness (QED) is 0.495. The summed E-state index contributed by atoms with van der Waals surface area (Å²) >= 11 is 5.72. The summed E-state index contributed by atoms with van der Waals surface area (Å²) in [5, 5.41) is 4.50. The maximum Gasteiger partial charge on any atom is 0.265 e. The van der Waals surface area contributed by atoms with Crippen molar-refractivity contribution >= 4 is 17.5 Å². The zero-order chi connectivity index (χ0) is 13.0. The van der Waals surface area contributed by atoms with E-state index in [9.17, 15) is 4.79 Å². The van der Waals surface area contributed by atoms with Gasteiger partial charge in [0.05, 0.1) is 11.2 Å². The molecule has 6 nitrogen and oxygen atoms in total. The van der Waals surface area contributed by atoms with E-state index < -0.39 is 0 Å². The fourth-order valence-corrected chi connectivity index (χ4v) is 1.52. The molecule has 1 aromatic carbocycles. The molecule has 0 atom stereocenters. The molecule has 0 fully saturated rings. The highest BCUT2D eigenvalue weighted by molar-refractivity contribution is 6.30. The maximum atomic E-state index is 11.3. The smallest absolute Gasteiger partial charge is 0.265 e. The second-order valence-corrected chi connectivity index (χ2v) is 3.91. The van der Waals surface area contributed by atoms with Crippen LogP contribution in [0.2, 0.25) is 5.02 Å². The number of nitrogens with one attached hydrogen (secondary N) is 1. The number of nitrogens with zero attached hydrogens (tertiary/aromatic N) is 2. The average molecular weight is 267 g/mol. The first kappa shape index (κ1) is 12.4. The van der Waals surface area contributed by atoms with Gasteiger partial charge in [-0.05, 0) is 18.2 Å². The van der Waals surface area contributed by atoms with E-state index in [2.05, 4.69) is 10.5 Å². The van der Waals surface area contributed by atoms with Gasteiger partial charge in [0.1, 0.15) is 5.75 Å². The lowest BCUT2D eigenvalue weighted by Gasteiger charge is -2.07. The molecular formula is C11H11ClN4O2. The number of carbonyl (C=O) groups is 1. The first-order valence-corrected chi connectivity index (χ1v) is 5.48. The predicted molar refractivity (Wildman–Crippen MR) is 66.0 cm³/mol. The number of halogens is 1. The van der Waals surface area contributed by atoms with Gasteiger partial charge in [-0.25, -0.2) is 10.5 Å². The zero-order valence-electron chi connectivity index (χ0n) is 9.34. The fourth-order valence-electron chi connectivity index (χ4n) is 1.36. The van der Waals surface area contributed by atoms with E-state index in [4.69, 9.17) is 22.2 Å². The van der Waals surface area contributed by atoms with Gasteiger partial charge in [0.15, 0.2) is 6.73 Å².